The van der Waals surface area contributed by atoms with E-state index in [1.165, 1.54) is 10.4 Å². The molecule has 1 aromatic rings. The van der Waals surface area contributed by atoms with E-state index in [-0.39, 0.29) is 29.1 Å². The first-order valence-electron chi connectivity index (χ1n) is 7.24. The van der Waals surface area contributed by atoms with Crippen LogP contribution in [0.4, 0.5) is 0 Å². The van der Waals surface area contributed by atoms with Crippen LogP contribution < -0.4 is 5.32 Å². The van der Waals surface area contributed by atoms with E-state index in [0.29, 0.717) is 31.2 Å². The van der Waals surface area contributed by atoms with Crippen LogP contribution in [0.5, 0.6) is 0 Å². The molecule has 0 bridgehead atoms. The minimum Gasteiger partial charge on any atom is -0.340 e. The Kier molecular flexibility index (Phi) is 5.91. The molecule has 0 unspecified atom stereocenters. The van der Waals surface area contributed by atoms with Crippen LogP contribution in [0.2, 0.25) is 5.02 Å². The van der Waals surface area contributed by atoms with Gasteiger partial charge in [0, 0.05) is 44.3 Å². The Hall–Kier alpha value is -0.860. The second-order valence-electron chi connectivity index (χ2n) is 5.54. The quantitative estimate of drug-likeness (QED) is 0.843. The summed E-state index contributed by atoms with van der Waals surface area (Å²) in [5.74, 6) is 0.176. The first-order chi connectivity index (χ1) is 10.5. The van der Waals surface area contributed by atoms with E-state index in [1.807, 2.05) is 0 Å². The van der Waals surface area contributed by atoms with Crippen LogP contribution in [0.1, 0.15) is 0 Å². The zero-order chi connectivity index (χ0) is 15.7. The maximum absolute atomic E-state index is 12.6. The van der Waals surface area contributed by atoms with Gasteiger partial charge in [-0.05, 0) is 18.2 Å². The Morgan fingerprint density at radius 2 is 1.83 bits per heavy atom. The molecule has 0 aromatic heterocycles. The summed E-state index contributed by atoms with van der Waals surface area (Å²) in [6.07, 6.45) is 0. The van der Waals surface area contributed by atoms with Gasteiger partial charge >= 0.3 is 0 Å². The topological polar surface area (TPSA) is 69.7 Å². The molecule has 2 aliphatic heterocycles. The van der Waals surface area contributed by atoms with E-state index in [9.17, 15) is 13.2 Å². The maximum Gasteiger partial charge on any atom is 0.243 e. The molecule has 9 heteroatoms. The molecule has 1 N–H and O–H groups in total. The van der Waals surface area contributed by atoms with E-state index >= 15 is 0 Å². The minimum atomic E-state index is -3.55. The van der Waals surface area contributed by atoms with Gasteiger partial charge in [0.2, 0.25) is 15.9 Å². The number of sulfonamides is 1. The van der Waals surface area contributed by atoms with Gasteiger partial charge in [0.05, 0.1) is 10.8 Å². The molecule has 6 nitrogen and oxygen atoms in total. The zero-order valence-electron chi connectivity index (χ0n) is 12.4. The molecule has 0 aliphatic carbocycles. The molecule has 128 valence electrons. The monoisotopic (exact) mass is 379 g/mol. The molecule has 1 aromatic carbocycles. The van der Waals surface area contributed by atoms with Crippen LogP contribution in [0.3, 0.4) is 0 Å². The average Bonchev–Trinajstić information content (AvgIpc) is 2.45. The number of amides is 1. The Morgan fingerprint density at radius 3 is 2.35 bits per heavy atom. The molecule has 0 radical (unpaired) electrons. The van der Waals surface area contributed by atoms with Crippen molar-refractivity contribution in [3.05, 3.63) is 29.3 Å². The zero-order valence-corrected chi connectivity index (χ0v) is 14.8. The fraction of sp³-hybridized carbons (Fsp3) is 0.500. The van der Waals surface area contributed by atoms with Crippen molar-refractivity contribution in [1.82, 2.24) is 14.5 Å². The highest BCUT2D eigenvalue weighted by Crippen LogP contribution is 2.21. The summed E-state index contributed by atoms with van der Waals surface area (Å²) in [6.45, 7) is 2.96. The van der Waals surface area contributed by atoms with Gasteiger partial charge in [0.1, 0.15) is 0 Å². The largest absolute Gasteiger partial charge is 0.340 e. The Morgan fingerprint density at radius 1 is 1.17 bits per heavy atom. The van der Waals surface area contributed by atoms with Crippen molar-refractivity contribution in [3.8, 4) is 0 Å². The standard InChI is InChI=1S/C14H18ClN3O3S.ClH/c15-12-2-1-3-13(8-12)22(20,21)18-6-4-17(5-7-18)14(19)11-9-16-10-11;/h1-3,8,11,16H,4-7,9-10H2;1H. The van der Waals surface area contributed by atoms with Gasteiger partial charge in [0.15, 0.2) is 0 Å². The third kappa shape index (κ3) is 3.80. The first kappa shape index (κ1) is 18.5. The van der Waals surface area contributed by atoms with Crippen molar-refractivity contribution >= 4 is 39.9 Å². The van der Waals surface area contributed by atoms with Crippen molar-refractivity contribution in [1.29, 1.82) is 0 Å². The van der Waals surface area contributed by atoms with Crippen LogP contribution in [-0.4, -0.2) is 62.8 Å². The highest BCUT2D eigenvalue weighted by Gasteiger charge is 2.34. The van der Waals surface area contributed by atoms with Gasteiger partial charge in [-0.25, -0.2) is 8.42 Å². The number of rotatable bonds is 3. The lowest BCUT2D eigenvalue weighted by Gasteiger charge is -2.37. The molecular weight excluding hydrogens is 361 g/mol. The predicted octanol–water partition coefficient (Wildman–Crippen LogP) is 0.814. The number of piperazine rings is 1. The molecule has 23 heavy (non-hydrogen) atoms. The van der Waals surface area contributed by atoms with E-state index in [1.54, 1.807) is 23.1 Å². The van der Waals surface area contributed by atoms with Gasteiger partial charge in [-0.1, -0.05) is 17.7 Å². The number of halogens is 2. The molecule has 2 fully saturated rings. The van der Waals surface area contributed by atoms with Crippen molar-refractivity contribution < 1.29 is 13.2 Å². The summed E-state index contributed by atoms with van der Waals surface area (Å²) >= 11 is 5.87. The number of benzene rings is 1. The number of nitrogens with one attached hydrogen (secondary N) is 1. The van der Waals surface area contributed by atoms with Gasteiger partial charge in [-0.3, -0.25) is 4.79 Å². The van der Waals surface area contributed by atoms with E-state index in [0.717, 1.165) is 13.1 Å². The lowest BCUT2D eigenvalue weighted by atomic mass is 10.0. The number of hydrogen-bond acceptors (Lipinski definition) is 4. The van der Waals surface area contributed by atoms with E-state index in [4.69, 9.17) is 11.6 Å². The minimum absolute atomic E-state index is 0. The molecule has 0 spiro atoms. The van der Waals surface area contributed by atoms with Crippen molar-refractivity contribution in [2.75, 3.05) is 39.3 Å². The first-order valence-corrected chi connectivity index (χ1v) is 9.05. The van der Waals surface area contributed by atoms with Gasteiger partial charge < -0.3 is 10.2 Å². The fourth-order valence-corrected chi connectivity index (χ4v) is 4.37. The van der Waals surface area contributed by atoms with E-state index in [2.05, 4.69) is 5.32 Å². The fourth-order valence-electron chi connectivity index (χ4n) is 2.65. The smallest absolute Gasteiger partial charge is 0.243 e. The van der Waals surface area contributed by atoms with Crippen LogP contribution >= 0.6 is 24.0 Å². The predicted molar refractivity (Wildman–Crippen MR) is 90.4 cm³/mol. The average molecular weight is 380 g/mol. The lowest BCUT2D eigenvalue weighted by molar-refractivity contribution is -0.138. The number of nitrogens with zero attached hydrogens (tertiary/aromatic N) is 2. The highest BCUT2D eigenvalue weighted by molar-refractivity contribution is 7.89. The van der Waals surface area contributed by atoms with Crippen LogP contribution in [0.15, 0.2) is 29.2 Å². The van der Waals surface area contributed by atoms with E-state index < -0.39 is 10.0 Å². The van der Waals surface area contributed by atoms with Crippen LogP contribution in [0.25, 0.3) is 0 Å². The van der Waals surface area contributed by atoms with Crippen molar-refractivity contribution in [3.63, 3.8) is 0 Å². The van der Waals surface area contributed by atoms with Crippen LogP contribution in [-0.2, 0) is 14.8 Å². The third-order valence-electron chi connectivity index (χ3n) is 4.11. The van der Waals surface area contributed by atoms with Gasteiger partial charge in [-0.15, -0.1) is 12.4 Å². The van der Waals surface area contributed by atoms with Crippen LogP contribution in [0, 0.1) is 5.92 Å². The second kappa shape index (κ2) is 7.36. The number of hydrogen-bond donors (Lipinski definition) is 1. The summed E-state index contributed by atoms with van der Waals surface area (Å²) < 4.78 is 26.6. The molecule has 0 atom stereocenters. The summed E-state index contributed by atoms with van der Waals surface area (Å²) in [4.78, 5) is 14.1. The van der Waals surface area contributed by atoms with Gasteiger partial charge in [0.25, 0.3) is 0 Å². The molecule has 1 amide bonds. The molecule has 2 saturated heterocycles. The third-order valence-corrected chi connectivity index (χ3v) is 6.24. The highest BCUT2D eigenvalue weighted by atomic mass is 35.5. The maximum atomic E-state index is 12.6. The molecular formula is C14H19Cl2N3O3S. The normalized spacial score (nSPS) is 19.8. The number of carbonyl (C=O) groups excluding carboxylic acids is 1. The second-order valence-corrected chi connectivity index (χ2v) is 7.92. The van der Waals surface area contributed by atoms with Crippen molar-refractivity contribution in [2.45, 2.75) is 4.90 Å². The summed E-state index contributed by atoms with van der Waals surface area (Å²) in [5, 5.41) is 3.47. The number of carbonyl (C=O) groups is 1. The summed E-state index contributed by atoms with van der Waals surface area (Å²) in [7, 11) is -3.55. The Labute approximate surface area is 147 Å². The molecule has 2 aliphatic rings. The summed E-state index contributed by atoms with van der Waals surface area (Å²) in [5.41, 5.74) is 0. The molecule has 0 saturated carbocycles. The Bertz CT molecular complexity index is 672. The molecule has 2 heterocycles. The van der Waals surface area contributed by atoms with Gasteiger partial charge in [-0.2, -0.15) is 4.31 Å². The molecule has 3 rings (SSSR count). The van der Waals surface area contributed by atoms with Crippen molar-refractivity contribution in [2.24, 2.45) is 5.92 Å². The lowest BCUT2D eigenvalue weighted by Crippen LogP contribution is -2.57. The SMILES string of the molecule is Cl.O=C(C1CNC1)N1CCN(S(=O)(=O)c2cccc(Cl)c2)CC1. The summed E-state index contributed by atoms with van der Waals surface area (Å²) in [6, 6.07) is 6.26. The Balaban J connectivity index is 0.00000192.